The Morgan fingerprint density at radius 1 is 1.22 bits per heavy atom. The van der Waals surface area contributed by atoms with Crippen LogP contribution in [0.5, 0.6) is 5.75 Å². The average Bonchev–Trinajstić information content (AvgIpc) is 2.81. The van der Waals surface area contributed by atoms with Crippen molar-refractivity contribution in [3.8, 4) is 5.75 Å². The van der Waals surface area contributed by atoms with Crippen molar-refractivity contribution in [2.45, 2.75) is 13.2 Å². The minimum absolute atomic E-state index is 0.589. The first-order valence-corrected chi connectivity index (χ1v) is 8.00. The lowest BCUT2D eigenvalue weighted by molar-refractivity contribution is 0.302. The quantitative estimate of drug-likeness (QED) is 0.807. The van der Waals surface area contributed by atoms with E-state index in [0.29, 0.717) is 6.61 Å². The van der Waals surface area contributed by atoms with E-state index in [-0.39, 0.29) is 0 Å². The third-order valence-corrected chi connectivity index (χ3v) is 4.31. The summed E-state index contributed by atoms with van der Waals surface area (Å²) in [6.45, 7) is 1.42. The van der Waals surface area contributed by atoms with Crippen LogP contribution in [-0.2, 0) is 13.2 Å². The third-order valence-electron chi connectivity index (χ3n) is 2.40. The number of hydrogen-bond donors (Lipinski definition) is 1. The van der Waals surface area contributed by atoms with Crippen molar-refractivity contribution in [1.29, 1.82) is 0 Å². The normalized spacial score (nSPS) is 10.6. The molecule has 2 aromatic rings. The van der Waals surface area contributed by atoms with Gasteiger partial charge in [-0.1, -0.05) is 0 Å². The molecule has 0 unspecified atom stereocenters. The number of benzene rings is 1. The minimum atomic E-state index is 0.589. The van der Waals surface area contributed by atoms with Gasteiger partial charge in [0.2, 0.25) is 0 Å². The molecule has 0 aliphatic heterocycles. The van der Waals surface area contributed by atoms with Gasteiger partial charge in [-0.05, 0) is 79.0 Å². The van der Waals surface area contributed by atoms with Gasteiger partial charge in [0.1, 0.15) is 12.4 Å². The van der Waals surface area contributed by atoms with Gasteiger partial charge in [0.25, 0.3) is 0 Å². The monoisotopic (exact) mass is 389 g/mol. The zero-order valence-corrected chi connectivity index (χ0v) is 13.9. The van der Waals surface area contributed by atoms with Crippen LogP contribution in [0.2, 0.25) is 0 Å². The zero-order chi connectivity index (χ0) is 13.0. The minimum Gasteiger partial charge on any atom is -0.487 e. The Morgan fingerprint density at radius 3 is 2.50 bits per heavy atom. The second-order valence-electron chi connectivity index (χ2n) is 3.84. The second-order valence-corrected chi connectivity index (χ2v) is 6.33. The van der Waals surface area contributed by atoms with Crippen molar-refractivity contribution >= 4 is 43.2 Å². The smallest absolute Gasteiger partial charge is 0.148 e. The Morgan fingerprint density at radius 2 is 1.94 bits per heavy atom. The van der Waals surface area contributed by atoms with Gasteiger partial charge in [-0.25, -0.2) is 0 Å². The number of hydrogen-bond acceptors (Lipinski definition) is 3. The molecule has 0 spiro atoms. The van der Waals surface area contributed by atoms with Crippen LogP contribution in [-0.4, -0.2) is 7.05 Å². The summed E-state index contributed by atoms with van der Waals surface area (Å²) in [7, 11) is 1.93. The standard InChI is InChI=1S/C13H13Br2NOS/c1-16-6-10-4-11(14)13(12(15)5-10)17-7-9-2-3-18-8-9/h2-5,8,16H,6-7H2,1H3. The van der Waals surface area contributed by atoms with Gasteiger partial charge < -0.3 is 10.1 Å². The molecule has 0 saturated heterocycles. The maximum Gasteiger partial charge on any atom is 0.148 e. The van der Waals surface area contributed by atoms with E-state index in [1.165, 1.54) is 11.1 Å². The molecule has 0 aliphatic rings. The molecule has 0 atom stereocenters. The van der Waals surface area contributed by atoms with Gasteiger partial charge in [0, 0.05) is 6.54 Å². The molecule has 1 heterocycles. The molecule has 1 aromatic heterocycles. The van der Waals surface area contributed by atoms with Crippen LogP contribution >= 0.6 is 43.2 Å². The molecule has 2 nitrogen and oxygen atoms in total. The molecule has 96 valence electrons. The van der Waals surface area contributed by atoms with Gasteiger partial charge >= 0.3 is 0 Å². The summed E-state index contributed by atoms with van der Waals surface area (Å²) < 4.78 is 7.78. The van der Waals surface area contributed by atoms with E-state index in [1.807, 2.05) is 7.05 Å². The maximum absolute atomic E-state index is 5.84. The molecule has 0 bridgehead atoms. The first kappa shape index (κ1) is 14.1. The molecular formula is C13H13Br2NOS. The van der Waals surface area contributed by atoms with E-state index in [9.17, 15) is 0 Å². The van der Waals surface area contributed by atoms with Crippen molar-refractivity contribution in [3.63, 3.8) is 0 Å². The van der Waals surface area contributed by atoms with Crippen LogP contribution < -0.4 is 10.1 Å². The molecule has 18 heavy (non-hydrogen) atoms. The van der Waals surface area contributed by atoms with Crippen molar-refractivity contribution in [2.24, 2.45) is 0 Å². The highest BCUT2D eigenvalue weighted by molar-refractivity contribution is 9.11. The van der Waals surface area contributed by atoms with Crippen LogP contribution in [0.4, 0.5) is 0 Å². The molecule has 1 N–H and O–H groups in total. The summed E-state index contributed by atoms with van der Waals surface area (Å²) in [5, 5.41) is 7.28. The lowest BCUT2D eigenvalue weighted by Crippen LogP contribution is -2.05. The van der Waals surface area contributed by atoms with E-state index in [0.717, 1.165) is 21.2 Å². The molecule has 0 saturated carbocycles. The fourth-order valence-corrected chi connectivity index (χ4v) is 3.75. The highest BCUT2D eigenvalue weighted by Gasteiger charge is 2.09. The van der Waals surface area contributed by atoms with E-state index in [4.69, 9.17) is 4.74 Å². The number of halogens is 2. The molecule has 0 aliphatic carbocycles. The summed E-state index contributed by atoms with van der Waals surface area (Å²) in [6.07, 6.45) is 0. The van der Waals surface area contributed by atoms with Gasteiger partial charge in [0.15, 0.2) is 0 Å². The van der Waals surface area contributed by atoms with Crippen LogP contribution in [0.25, 0.3) is 0 Å². The lowest BCUT2D eigenvalue weighted by Gasteiger charge is -2.11. The summed E-state index contributed by atoms with van der Waals surface area (Å²) in [5.41, 5.74) is 2.40. The zero-order valence-electron chi connectivity index (χ0n) is 9.87. The van der Waals surface area contributed by atoms with Gasteiger partial charge in [-0.2, -0.15) is 11.3 Å². The Balaban J connectivity index is 2.12. The largest absolute Gasteiger partial charge is 0.487 e. The van der Waals surface area contributed by atoms with Gasteiger partial charge in [-0.3, -0.25) is 0 Å². The Kier molecular flexibility index (Phi) is 5.24. The predicted octanol–water partition coefficient (Wildman–Crippen LogP) is 4.57. The first-order chi connectivity index (χ1) is 8.70. The van der Waals surface area contributed by atoms with Crippen molar-refractivity contribution < 1.29 is 4.74 Å². The second kappa shape index (κ2) is 6.70. The maximum atomic E-state index is 5.84. The number of ether oxygens (including phenoxy) is 1. The Bertz CT molecular complexity index is 491. The summed E-state index contributed by atoms with van der Waals surface area (Å²) >= 11 is 8.78. The molecular weight excluding hydrogens is 378 g/mol. The van der Waals surface area contributed by atoms with Gasteiger partial charge in [0.05, 0.1) is 8.95 Å². The Hall–Kier alpha value is -0.360. The van der Waals surface area contributed by atoms with Crippen LogP contribution in [0.1, 0.15) is 11.1 Å². The van der Waals surface area contributed by atoms with Crippen LogP contribution in [0, 0.1) is 0 Å². The molecule has 1 aromatic carbocycles. The SMILES string of the molecule is CNCc1cc(Br)c(OCc2ccsc2)c(Br)c1. The lowest BCUT2D eigenvalue weighted by atomic mass is 10.2. The Labute approximate surface area is 128 Å². The third kappa shape index (κ3) is 3.57. The van der Waals surface area contributed by atoms with Crippen molar-refractivity contribution in [1.82, 2.24) is 5.32 Å². The fourth-order valence-electron chi connectivity index (χ4n) is 1.59. The molecule has 0 radical (unpaired) electrons. The van der Waals surface area contributed by atoms with E-state index < -0.39 is 0 Å². The van der Waals surface area contributed by atoms with E-state index in [1.54, 1.807) is 11.3 Å². The highest BCUT2D eigenvalue weighted by atomic mass is 79.9. The predicted molar refractivity (Wildman–Crippen MR) is 83.3 cm³/mol. The molecule has 2 rings (SSSR count). The van der Waals surface area contributed by atoms with E-state index in [2.05, 4.69) is 66.1 Å². The van der Waals surface area contributed by atoms with Crippen LogP contribution in [0.3, 0.4) is 0 Å². The number of nitrogens with one attached hydrogen (secondary N) is 1. The topological polar surface area (TPSA) is 21.3 Å². The number of rotatable bonds is 5. The van der Waals surface area contributed by atoms with Crippen LogP contribution in [0.15, 0.2) is 37.9 Å². The fraction of sp³-hybridized carbons (Fsp3) is 0.231. The summed E-state index contributed by atoms with van der Waals surface area (Å²) in [4.78, 5) is 0. The van der Waals surface area contributed by atoms with Crippen molar-refractivity contribution in [3.05, 3.63) is 49.0 Å². The molecule has 0 amide bonds. The summed E-state index contributed by atoms with van der Waals surface area (Å²) in [5.74, 6) is 0.848. The summed E-state index contributed by atoms with van der Waals surface area (Å²) in [6, 6.07) is 6.22. The highest BCUT2D eigenvalue weighted by Crippen LogP contribution is 2.35. The molecule has 5 heteroatoms. The first-order valence-electron chi connectivity index (χ1n) is 5.47. The number of thiophene rings is 1. The van der Waals surface area contributed by atoms with E-state index >= 15 is 0 Å². The average molecular weight is 391 g/mol. The molecule has 0 fully saturated rings. The van der Waals surface area contributed by atoms with Crippen molar-refractivity contribution in [2.75, 3.05) is 7.05 Å². The van der Waals surface area contributed by atoms with Gasteiger partial charge in [-0.15, -0.1) is 0 Å².